The van der Waals surface area contributed by atoms with Crippen LogP contribution in [0.3, 0.4) is 0 Å². The van der Waals surface area contributed by atoms with Crippen molar-refractivity contribution in [2.24, 2.45) is 4.99 Å². The summed E-state index contributed by atoms with van der Waals surface area (Å²) < 4.78 is 24.4. The molecule has 0 aromatic carbocycles. The normalized spacial score (nSPS) is 13.3. The van der Waals surface area contributed by atoms with Crippen molar-refractivity contribution in [2.75, 3.05) is 25.4 Å². The number of aliphatic hydroxyl groups excluding tert-OH is 1. The quantitative estimate of drug-likeness (QED) is 0.220. The summed E-state index contributed by atoms with van der Waals surface area (Å²) >= 11 is 1.16. The number of guanidine groups is 1. The largest absolute Gasteiger partial charge is 0.390 e. The first-order valence-electron chi connectivity index (χ1n) is 7.46. The van der Waals surface area contributed by atoms with Crippen LogP contribution in [0.4, 0.5) is 0 Å². The van der Waals surface area contributed by atoms with Gasteiger partial charge in [-0.3, -0.25) is 4.99 Å². The number of halogens is 1. The third kappa shape index (κ3) is 8.87. The zero-order chi connectivity index (χ0) is 16.4. The van der Waals surface area contributed by atoms with Gasteiger partial charge in [0.1, 0.15) is 4.21 Å². The minimum Gasteiger partial charge on any atom is -0.390 e. The Kier molecular flexibility index (Phi) is 11.8. The third-order valence-corrected chi connectivity index (χ3v) is 6.13. The molecule has 23 heavy (non-hydrogen) atoms. The molecule has 1 aromatic rings. The highest BCUT2D eigenvalue weighted by Gasteiger charge is 2.20. The van der Waals surface area contributed by atoms with Crippen molar-refractivity contribution < 1.29 is 13.5 Å². The zero-order valence-electron chi connectivity index (χ0n) is 13.5. The Morgan fingerprint density at radius 1 is 1.39 bits per heavy atom. The Balaban J connectivity index is 0.00000484. The number of aliphatic hydroxyl groups is 1. The maximum absolute atomic E-state index is 12.1. The predicted octanol–water partition coefficient (Wildman–Crippen LogP) is 1.86. The SMILES string of the molecule is CCCCNC(=NCC(O)CS(=O)(=O)c1cccs1)NCC.I. The molecule has 0 amide bonds. The summed E-state index contributed by atoms with van der Waals surface area (Å²) in [6, 6.07) is 3.23. The summed E-state index contributed by atoms with van der Waals surface area (Å²) in [5.41, 5.74) is 0. The molecule has 9 heteroatoms. The van der Waals surface area contributed by atoms with Gasteiger partial charge in [-0.25, -0.2) is 8.42 Å². The van der Waals surface area contributed by atoms with Crippen molar-refractivity contribution in [3.05, 3.63) is 17.5 Å². The van der Waals surface area contributed by atoms with Gasteiger partial charge in [0, 0.05) is 13.1 Å². The number of aliphatic imine (C=N–C) groups is 1. The van der Waals surface area contributed by atoms with Gasteiger partial charge in [-0.1, -0.05) is 19.4 Å². The lowest BCUT2D eigenvalue weighted by molar-refractivity contribution is 0.206. The summed E-state index contributed by atoms with van der Waals surface area (Å²) in [5, 5.41) is 17.9. The van der Waals surface area contributed by atoms with Crippen LogP contribution in [0.15, 0.2) is 26.7 Å². The third-order valence-electron chi connectivity index (χ3n) is 2.84. The average molecular weight is 475 g/mol. The summed E-state index contributed by atoms with van der Waals surface area (Å²) in [6.07, 6.45) is 1.09. The Morgan fingerprint density at radius 3 is 2.70 bits per heavy atom. The molecule has 0 aliphatic heterocycles. The van der Waals surface area contributed by atoms with Gasteiger partial charge in [-0.05, 0) is 24.8 Å². The van der Waals surface area contributed by atoms with Crippen molar-refractivity contribution in [2.45, 2.75) is 37.0 Å². The van der Waals surface area contributed by atoms with Gasteiger partial charge >= 0.3 is 0 Å². The topological polar surface area (TPSA) is 90.8 Å². The second kappa shape index (κ2) is 12.0. The van der Waals surface area contributed by atoms with E-state index in [4.69, 9.17) is 0 Å². The van der Waals surface area contributed by atoms with Crippen LogP contribution < -0.4 is 10.6 Å². The molecular weight excluding hydrogens is 449 g/mol. The Hall–Kier alpha value is -0.390. The number of hydrogen-bond donors (Lipinski definition) is 3. The van der Waals surface area contributed by atoms with Crippen LogP contribution in [0, 0.1) is 0 Å². The summed E-state index contributed by atoms with van der Waals surface area (Å²) in [6.45, 7) is 5.61. The maximum atomic E-state index is 12.1. The molecule has 0 bridgehead atoms. The molecule has 0 radical (unpaired) electrons. The Morgan fingerprint density at radius 2 is 2.13 bits per heavy atom. The van der Waals surface area contributed by atoms with E-state index in [1.54, 1.807) is 17.5 Å². The molecule has 1 unspecified atom stereocenters. The average Bonchev–Trinajstić information content (AvgIpc) is 2.99. The highest BCUT2D eigenvalue weighted by atomic mass is 127. The monoisotopic (exact) mass is 475 g/mol. The van der Waals surface area contributed by atoms with Gasteiger partial charge in [-0.2, -0.15) is 0 Å². The van der Waals surface area contributed by atoms with Crippen molar-refractivity contribution in [1.82, 2.24) is 10.6 Å². The molecule has 1 rings (SSSR count). The molecule has 1 aromatic heterocycles. The van der Waals surface area contributed by atoms with Gasteiger partial charge in [0.2, 0.25) is 0 Å². The van der Waals surface area contributed by atoms with Crippen molar-refractivity contribution in [1.29, 1.82) is 0 Å². The van der Waals surface area contributed by atoms with Crippen molar-refractivity contribution >= 4 is 51.1 Å². The molecular formula is C14H26IN3O3S2. The Bertz CT molecular complexity index is 548. The van der Waals surface area contributed by atoms with Crippen molar-refractivity contribution in [3.63, 3.8) is 0 Å². The minimum atomic E-state index is -3.44. The maximum Gasteiger partial charge on any atom is 0.191 e. The standard InChI is InChI=1S/C14H25N3O3S2.HI/c1-3-5-8-16-14(15-4-2)17-10-12(18)11-22(19,20)13-7-6-9-21-13;/h6-7,9,12,18H,3-5,8,10-11H2,1-2H3,(H2,15,16,17);1H. The number of nitrogens with one attached hydrogen (secondary N) is 2. The van der Waals surface area contributed by atoms with Gasteiger partial charge < -0.3 is 15.7 Å². The van der Waals surface area contributed by atoms with E-state index in [2.05, 4.69) is 22.5 Å². The van der Waals surface area contributed by atoms with E-state index in [0.717, 1.165) is 30.7 Å². The number of unbranched alkanes of at least 4 members (excludes halogenated alkanes) is 1. The zero-order valence-corrected chi connectivity index (χ0v) is 17.5. The highest BCUT2D eigenvalue weighted by Crippen LogP contribution is 2.18. The van der Waals surface area contributed by atoms with Crippen LogP contribution in [-0.2, 0) is 9.84 Å². The van der Waals surface area contributed by atoms with E-state index in [1.807, 2.05) is 6.92 Å². The lowest BCUT2D eigenvalue weighted by atomic mass is 10.3. The van der Waals surface area contributed by atoms with Gasteiger partial charge in [0.15, 0.2) is 15.8 Å². The van der Waals surface area contributed by atoms with E-state index < -0.39 is 15.9 Å². The number of thiophene rings is 1. The van der Waals surface area contributed by atoms with Crippen LogP contribution in [0.1, 0.15) is 26.7 Å². The lowest BCUT2D eigenvalue weighted by Gasteiger charge is -2.12. The fourth-order valence-corrected chi connectivity index (χ4v) is 4.22. The van der Waals surface area contributed by atoms with Gasteiger partial charge in [-0.15, -0.1) is 35.3 Å². The second-order valence-electron chi connectivity index (χ2n) is 4.87. The molecule has 6 nitrogen and oxygen atoms in total. The fraction of sp³-hybridized carbons (Fsp3) is 0.643. The summed E-state index contributed by atoms with van der Waals surface area (Å²) in [4.78, 5) is 4.23. The molecule has 3 N–H and O–H groups in total. The molecule has 0 spiro atoms. The van der Waals surface area contributed by atoms with E-state index in [1.165, 1.54) is 0 Å². The number of sulfone groups is 1. The number of rotatable bonds is 9. The van der Waals surface area contributed by atoms with Gasteiger partial charge in [0.05, 0.1) is 18.4 Å². The van der Waals surface area contributed by atoms with E-state index in [-0.39, 0.29) is 40.5 Å². The molecule has 0 fully saturated rings. The summed E-state index contributed by atoms with van der Waals surface area (Å²) in [7, 11) is -3.44. The first-order chi connectivity index (χ1) is 10.5. The number of nitrogens with zero attached hydrogens (tertiary/aromatic N) is 1. The predicted molar refractivity (Wildman–Crippen MR) is 107 cm³/mol. The molecule has 1 heterocycles. The van der Waals surface area contributed by atoms with Crippen LogP contribution >= 0.6 is 35.3 Å². The van der Waals surface area contributed by atoms with Crippen LogP contribution in [0.25, 0.3) is 0 Å². The second-order valence-corrected chi connectivity index (χ2v) is 8.08. The fourth-order valence-electron chi connectivity index (χ4n) is 1.75. The minimum absolute atomic E-state index is 0. The first kappa shape index (κ1) is 22.6. The Labute approximate surface area is 159 Å². The van der Waals surface area contributed by atoms with Gasteiger partial charge in [0.25, 0.3) is 0 Å². The van der Waals surface area contributed by atoms with Crippen LogP contribution in [-0.4, -0.2) is 51.0 Å². The molecule has 0 saturated heterocycles. The van der Waals surface area contributed by atoms with Crippen LogP contribution in [0.2, 0.25) is 0 Å². The van der Waals surface area contributed by atoms with E-state index in [0.29, 0.717) is 12.5 Å². The first-order valence-corrected chi connectivity index (χ1v) is 9.99. The number of hydrogen-bond acceptors (Lipinski definition) is 5. The van der Waals surface area contributed by atoms with E-state index in [9.17, 15) is 13.5 Å². The summed E-state index contributed by atoms with van der Waals surface area (Å²) in [5.74, 6) is 0.286. The molecule has 0 aliphatic rings. The smallest absolute Gasteiger partial charge is 0.191 e. The highest BCUT2D eigenvalue weighted by molar-refractivity contribution is 14.0. The van der Waals surface area contributed by atoms with E-state index >= 15 is 0 Å². The van der Waals surface area contributed by atoms with Crippen LogP contribution in [0.5, 0.6) is 0 Å². The molecule has 0 saturated carbocycles. The lowest BCUT2D eigenvalue weighted by Crippen LogP contribution is -2.38. The molecule has 134 valence electrons. The molecule has 1 atom stereocenters. The van der Waals surface area contributed by atoms with Crippen molar-refractivity contribution in [3.8, 4) is 0 Å². The molecule has 0 aliphatic carbocycles.